The lowest BCUT2D eigenvalue weighted by atomic mass is 10.1. The van der Waals surface area contributed by atoms with Gasteiger partial charge in [0.2, 0.25) is 5.91 Å². The van der Waals surface area contributed by atoms with Crippen molar-refractivity contribution in [2.75, 3.05) is 11.9 Å². The summed E-state index contributed by atoms with van der Waals surface area (Å²) in [5, 5.41) is 3.00. The number of carbonyl (C=O) groups is 2. The SMILES string of the molecule is CCOC(=O)c1cc(-c2ccc(C)cc2)n(CC(=O)Nc2cc(C)ccc2C)c1C. The van der Waals surface area contributed by atoms with Crippen LogP contribution in [0.1, 0.15) is 39.7 Å². The van der Waals surface area contributed by atoms with Crippen LogP contribution in [-0.4, -0.2) is 23.1 Å². The number of ether oxygens (including phenoxy) is 1. The van der Waals surface area contributed by atoms with Crippen LogP contribution in [0.5, 0.6) is 0 Å². The van der Waals surface area contributed by atoms with Crippen LogP contribution in [0.2, 0.25) is 0 Å². The zero-order valence-corrected chi connectivity index (χ0v) is 18.2. The molecule has 0 atom stereocenters. The summed E-state index contributed by atoms with van der Waals surface area (Å²) >= 11 is 0. The number of carbonyl (C=O) groups excluding carboxylic acids is 2. The Balaban J connectivity index is 1.97. The van der Waals surface area contributed by atoms with E-state index in [2.05, 4.69) is 5.32 Å². The predicted molar refractivity (Wildman–Crippen MR) is 120 cm³/mol. The Bertz CT molecular complexity index is 1080. The Morgan fingerprint density at radius 1 is 0.933 bits per heavy atom. The quantitative estimate of drug-likeness (QED) is 0.574. The first kappa shape index (κ1) is 21.4. The Kier molecular flexibility index (Phi) is 6.40. The van der Waals surface area contributed by atoms with Gasteiger partial charge in [0.1, 0.15) is 6.54 Å². The van der Waals surface area contributed by atoms with Crippen LogP contribution in [0.15, 0.2) is 48.5 Å². The van der Waals surface area contributed by atoms with E-state index in [1.165, 1.54) is 0 Å². The summed E-state index contributed by atoms with van der Waals surface area (Å²) in [7, 11) is 0. The normalized spacial score (nSPS) is 10.7. The molecule has 1 N–H and O–H groups in total. The van der Waals surface area contributed by atoms with E-state index in [1.54, 1.807) is 6.92 Å². The molecule has 0 aliphatic heterocycles. The van der Waals surface area contributed by atoms with Gasteiger partial charge in [-0.15, -0.1) is 0 Å². The van der Waals surface area contributed by atoms with Gasteiger partial charge in [-0.1, -0.05) is 42.0 Å². The number of hydrogen-bond acceptors (Lipinski definition) is 3. The van der Waals surface area contributed by atoms with Crippen molar-refractivity contribution in [2.45, 2.75) is 41.2 Å². The van der Waals surface area contributed by atoms with Crippen LogP contribution in [0.4, 0.5) is 5.69 Å². The smallest absolute Gasteiger partial charge is 0.339 e. The van der Waals surface area contributed by atoms with Gasteiger partial charge in [0, 0.05) is 17.1 Å². The summed E-state index contributed by atoms with van der Waals surface area (Å²) in [6.07, 6.45) is 0. The van der Waals surface area contributed by atoms with E-state index in [4.69, 9.17) is 4.74 Å². The highest BCUT2D eigenvalue weighted by Crippen LogP contribution is 2.27. The molecular weight excluding hydrogens is 376 g/mol. The fourth-order valence-corrected chi connectivity index (χ4v) is 3.43. The molecule has 0 aliphatic rings. The van der Waals surface area contributed by atoms with Gasteiger partial charge in [-0.2, -0.15) is 0 Å². The maximum absolute atomic E-state index is 12.9. The number of hydrogen-bond donors (Lipinski definition) is 1. The number of nitrogens with one attached hydrogen (secondary N) is 1. The van der Waals surface area contributed by atoms with Crippen molar-refractivity contribution in [3.63, 3.8) is 0 Å². The van der Waals surface area contributed by atoms with Crippen molar-refractivity contribution in [3.8, 4) is 11.3 Å². The molecule has 3 aromatic rings. The highest BCUT2D eigenvalue weighted by atomic mass is 16.5. The molecule has 5 nitrogen and oxygen atoms in total. The molecule has 0 radical (unpaired) electrons. The Morgan fingerprint density at radius 3 is 2.27 bits per heavy atom. The lowest BCUT2D eigenvalue weighted by Crippen LogP contribution is -2.21. The highest BCUT2D eigenvalue weighted by molar-refractivity contribution is 5.95. The lowest BCUT2D eigenvalue weighted by Gasteiger charge is -2.14. The molecule has 0 spiro atoms. The van der Waals surface area contributed by atoms with Gasteiger partial charge in [-0.05, 0) is 63.4 Å². The average Bonchev–Trinajstić information content (AvgIpc) is 3.02. The number of rotatable bonds is 6. The number of aromatic nitrogens is 1. The first-order valence-electron chi connectivity index (χ1n) is 10.1. The van der Waals surface area contributed by atoms with Crippen LogP contribution in [0.25, 0.3) is 11.3 Å². The van der Waals surface area contributed by atoms with E-state index in [9.17, 15) is 9.59 Å². The Labute approximate surface area is 177 Å². The van der Waals surface area contributed by atoms with E-state index in [1.807, 2.05) is 80.8 Å². The molecule has 0 fully saturated rings. The summed E-state index contributed by atoms with van der Waals surface area (Å²) in [5.74, 6) is -0.525. The molecule has 0 aliphatic carbocycles. The number of aryl methyl sites for hydroxylation is 3. The Hall–Kier alpha value is -3.34. The number of anilines is 1. The molecule has 1 heterocycles. The summed E-state index contributed by atoms with van der Waals surface area (Å²) in [6.45, 7) is 10.0. The topological polar surface area (TPSA) is 60.3 Å². The van der Waals surface area contributed by atoms with Crippen LogP contribution in [-0.2, 0) is 16.1 Å². The molecule has 0 bridgehead atoms. The fourth-order valence-electron chi connectivity index (χ4n) is 3.43. The molecule has 0 unspecified atom stereocenters. The average molecular weight is 405 g/mol. The van der Waals surface area contributed by atoms with Gasteiger partial charge in [0.15, 0.2) is 0 Å². The van der Waals surface area contributed by atoms with Gasteiger partial charge < -0.3 is 14.6 Å². The first-order valence-corrected chi connectivity index (χ1v) is 10.1. The minimum absolute atomic E-state index is 0.0990. The predicted octanol–water partition coefficient (Wildman–Crippen LogP) is 5.20. The number of esters is 1. The van der Waals surface area contributed by atoms with Crippen molar-refractivity contribution >= 4 is 17.6 Å². The second-order valence-electron chi connectivity index (χ2n) is 7.57. The van der Waals surface area contributed by atoms with Crippen LogP contribution in [0, 0.1) is 27.7 Å². The molecule has 1 amide bonds. The zero-order valence-electron chi connectivity index (χ0n) is 18.2. The molecule has 2 aromatic carbocycles. The summed E-state index contributed by atoms with van der Waals surface area (Å²) in [4.78, 5) is 25.3. The third-order valence-electron chi connectivity index (χ3n) is 5.18. The van der Waals surface area contributed by atoms with E-state index < -0.39 is 0 Å². The number of amides is 1. The molecule has 30 heavy (non-hydrogen) atoms. The summed E-state index contributed by atoms with van der Waals surface area (Å²) in [6, 6.07) is 15.8. The highest BCUT2D eigenvalue weighted by Gasteiger charge is 2.21. The number of benzene rings is 2. The van der Waals surface area contributed by atoms with Gasteiger partial charge >= 0.3 is 5.97 Å². The van der Waals surface area contributed by atoms with Crippen molar-refractivity contribution in [2.24, 2.45) is 0 Å². The molecule has 1 aromatic heterocycles. The zero-order chi connectivity index (χ0) is 21.8. The third-order valence-corrected chi connectivity index (χ3v) is 5.18. The first-order chi connectivity index (χ1) is 14.3. The van der Waals surface area contributed by atoms with Crippen molar-refractivity contribution in [1.29, 1.82) is 0 Å². The second-order valence-corrected chi connectivity index (χ2v) is 7.57. The second kappa shape index (κ2) is 8.99. The largest absolute Gasteiger partial charge is 0.462 e. The van der Waals surface area contributed by atoms with Crippen LogP contribution >= 0.6 is 0 Å². The van der Waals surface area contributed by atoms with Crippen molar-refractivity contribution < 1.29 is 14.3 Å². The third kappa shape index (κ3) is 4.62. The van der Waals surface area contributed by atoms with E-state index in [0.29, 0.717) is 17.9 Å². The lowest BCUT2D eigenvalue weighted by molar-refractivity contribution is -0.116. The molecule has 0 saturated carbocycles. The molecule has 0 saturated heterocycles. The fraction of sp³-hybridized carbons (Fsp3) is 0.280. The van der Waals surface area contributed by atoms with E-state index in [-0.39, 0.29) is 18.4 Å². The number of nitrogens with zero attached hydrogens (tertiary/aromatic N) is 1. The van der Waals surface area contributed by atoms with Crippen molar-refractivity contribution in [3.05, 3.63) is 76.5 Å². The Morgan fingerprint density at radius 2 is 1.60 bits per heavy atom. The van der Waals surface area contributed by atoms with Crippen LogP contribution in [0.3, 0.4) is 0 Å². The molecule has 156 valence electrons. The van der Waals surface area contributed by atoms with Gasteiger partial charge in [-0.3, -0.25) is 4.79 Å². The van der Waals surface area contributed by atoms with E-state index >= 15 is 0 Å². The minimum atomic E-state index is -0.378. The van der Waals surface area contributed by atoms with E-state index in [0.717, 1.165) is 33.6 Å². The molecular formula is C25H28N2O3. The van der Waals surface area contributed by atoms with Crippen molar-refractivity contribution in [1.82, 2.24) is 4.57 Å². The van der Waals surface area contributed by atoms with Gasteiger partial charge in [-0.25, -0.2) is 4.79 Å². The molecule has 5 heteroatoms. The molecule has 3 rings (SSSR count). The minimum Gasteiger partial charge on any atom is -0.462 e. The maximum atomic E-state index is 12.9. The monoisotopic (exact) mass is 404 g/mol. The maximum Gasteiger partial charge on any atom is 0.339 e. The summed E-state index contributed by atoms with van der Waals surface area (Å²) < 4.78 is 7.08. The van der Waals surface area contributed by atoms with Gasteiger partial charge in [0.25, 0.3) is 0 Å². The van der Waals surface area contributed by atoms with Gasteiger partial charge in [0.05, 0.1) is 12.2 Å². The standard InChI is InChI=1S/C25H28N2O3/c1-6-30-25(29)21-14-23(20-11-8-16(2)9-12-20)27(19(21)5)15-24(28)26-22-13-17(3)7-10-18(22)4/h7-14H,6,15H2,1-5H3,(H,26,28). The van der Waals surface area contributed by atoms with Crippen LogP contribution < -0.4 is 5.32 Å². The summed E-state index contributed by atoms with van der Waals surface area (Å²) in [5.41, 5.74) is 6.97.